The van der Waals surface area contributed by atoms with E-state index in [1.807, 2.05) is 4.72 Å². The molecular formula is C13H17F3N2O3S. The molecule has 0 unspecified atom stereocenters. The van der Waals surface area contributed by atoms with Gasteiger partial charge in [-0.3, -0.25) is 4.79 Å². The van der Waals surface area contributed by atoms with E-state index in [0.29, 0.717) is 6.07 Å². The average molecular weight is 338 g/mol. The number of primary amides is 1. The van der Waals surface area contributed by atoms with Gasteiger partial charge in [-0.15, -0.1) is 0 Å². The summed E-state index contributed by atoms with van der Waals surface area (Å²) in [5.74, 6) is -0.911. The predicted molar refractivity (Wildman–Crippen MR) is 74.2 cm³/mol. The summed E-state index contributed by atoms with van der Waals surface area (Å²) in [6.07, 6.45) is -4.51. The van der Waals surface area contributed by atoms with Crippen LogP contribution in [0.2, 0.25) is 0 Å². The number of nitrogens with one attached hydrogen (secondary N) is 1. The van der Waals surface area contributed by atoms with E-state index in [2.05, 4.69) is 0 Å². The van der Waals surface area contributed by atoms with Gasteiger partial charge < -0.3 is 5.73 Å². The van der Waals surface area contributed by atoms with Crippen molar-refractivity contribution in [3.8, 4) is 0 Å². The Kier molecular flexibility index (Phi) is 5.58. The highest BCUT2D eigenvalue weighted by Gasteiger charge is 2.32. The van der Waals surface area contributed by atoms with Crippen molar-refractivity contribution >= 4 is 15.9 Å². The van der Waals surface area contributed by atoms with Crippen LogP contribution in [0.3, 0.4) is 0 Å². The van der Waals surface area contributed by atoms with Crippen molar-refractivity contribution < 1.29 is 26.4 Å². The summed E-state index contributed by atoms with van der Waals surface area (Å²) in [6.45, 7) is 3.52. The van der Waals surface area contributed by atoms with Crippen LogP contribution < -0.4 is 10.5 Å². The Morgan fingerprint density at radius 3 is 2.36 bits per heavy atom. The van der Waals surface area contributed by atoms with Crippen LogP contribution in [0.5, 0.6) is 0 Å². The van der Waals surface area contributed by atoms with E-state index in [-0.39, 0.29) is 12.3 Å². The average Bonchev–Trinajstić information content (AvgIpc) is 2.36. The number of nitrogens with two attached hydrogens (primary N) is 1. The largest absolute Gasteiger partial charge is 0.416 e. The highest BCUT2D eigenvalue weighted by molar-refractivity contribution is 7.89. The zero-order valence-electron chi connectivity index (χ0n) is 12.0. The van der Waals surface area contributed by atoms with Crippen LogP contribution in [0.15, 0.2) is 29.2 Å². The van der Waals surface area contributed by atoms with E-state index >= 15 is 0 Å². The minimum Gasteiger partial charge on any atom is -0.368 e. The first-order valence-electron chi connectivity index (χ1n) is 6.42. The number of alkyl halides is 3. The van der Waals surface area contributed by atoms with Gasteiger partial charge in [0.2, 0.25) is 15.9 Å². The van der Waals surface area contributed by atoms with E-state index in [9.17, 15) is 26.4 Å². The number of sulfonamides is 1. The lowest BCUT2D eigenvalue weighted by molar-refractivity contribution is -0.137. The number of hydrogen-bond acceptors (Lipinski definition) is 3. The summed E-state index contributed by atoms with van der Waals surface area (Å²) in [5.41, 5.74) is 4.04. The monoisotopic (exact) mass is 338 g/mol. The lowest BCUT2D eigenvalue weighted by Crippen LogP contribution is -2.45. The third-order valence-corrected chi connectivity index (χ3v) is 4.29. The molecule has 1 rings (SSSR count). The molecule has 0 aliphatic heterocycles. The van der Waals surface area contributed by atoms with Crippen LogP contribution in [0.1, 0.15) is 25.8 Å². The summed E-state index contributed by atoms with van der Waals surface area (Å²) < 4.78 is 64.2. The van der Waals surface area contributed by atoms with Gasteiger partial charge >= 0.3 is 6.18 Å². The zero-order chi connectivity index (χ0) is 17.1. The van der Waals surface area contributed by atoms with Crippen molar-refractivity contribution in [1.29, 1.82) is 0 Å². The fraction of sp³-hybridized carbons (Fsp3) is 0.462. The number of amides is 1. The minimum atomic E-state index is -4.66. The molecule has 1 aromatic carbocycles. The predicted octanol–water partition coefficient (Wildman–Crippen LogP) is 1.88. The van der Waals surface area contributed by atoms with Crippen LogP contribution in [0.25, 0.3) is 0 Å². The molecule has 0 heterocycles. The first kappa shape index (κ1) is 18.4. The molecule has 1 aromatic rings. The summed E-state index contributed by atoms with van der Waals surface area (Å²) in [6, 6.07) is 2.10. The van der Waals surface area contributed by atoms with Gasteiger partial charge in [-0.05, 0) is 30.5 Å². The van der Waals surface area contributed by atoms with Crippen LogP contribution in [-0.2, 0) is 21.0 Å². The highest BCUT2D eigenvalue weighted by Crippen LogP contribution is 2.30. The fourth-order valence-corrected chi connectivity index (χ4v) is 3.05. The maximum atomic E-state index is 12.6. The van der Waals surface area contributed by atoms with Crippen molar-refractivity contribution in [2.75, 3.05) is 0 Å². The van der Waals surface area contributed by atoms with Crippen LogP contribution in [-0.4, -0.2) is 20.4 Å². The molecule has 0 aliphatic carbocycles. The maximum Gasteiger partial charge on any atom is 0.416 e. The van der Waals surface area contributed by atoms with Crippen LogP contribution in [0.4, 0.5) is 13.2 Å². The number of halogens is 3. The number of benzene rings is 1. The normalized spacial score (nSPS) is 14.1. The van der Waals surface area contributed by atoms with Crippen molar-refractivity contribution in [2.24, 2.45) is 11.7 Å². The Morgan fingerprint density at radius 2 is 1.91 bits per heavy atom. The van der Waals surface area contributed by atoms with Crippen LogP contribution in [0, 0.1) is 5.92 Å². The Labute approximate surface area is 126 Å². The van der Waals surface area contributed by atoms with Gasteiger partial charge in [0.15, 0.2) is 0 Å². The van der Waals surface area contributed by atoms with Crippen molar-refractivity contribution in [2.45, 2.75) is 37.4 Å². The molecule has 0 aliphatic rings. The van der Waals surface area contributed by atoms with Gasteiger partial charge in [-0.1, -0.05) is 19.9 Å². The molecule has 0 aromatic heterocycles. The second kappa shape index (κ2) is 6.66. The second-order valence-corrected chi connectivity index (χ2v) is 6.95. The Bertz CT molecular complexity index is 642. The lowest BCUT2D eigenvalue weighted by atomic mass is 10.0. The molecule has 1 amide bonds. The number of carbonyl (C=O) groups is 1. The van der Waals surface area contributed by atoms with E-state index in [1.165, 1.54) is 0 Å². The van der Waals surface area contributed by atoms with Gasteiger partial charge in [0.1, 0.15) is 6.04 Å². The molecule has 0 saturated carbocycles. The third kappa shape index (κ3) is 4.99. The first-order valence-corrected chi connectivity index (χ1v) is 7.90. The number of rotatable bonds is 6. The van der Waals surface area contributed by atoms with Crippen LogP contribution >= 0.6 is 0 Å². The Balaban J connectivity index is 3.11. The van der Waals surface area contributed by atoms with Gasteiger partial charge in [-0.25, -0.2) is 8.42 Å². The van der Waals surface area contributed by atoms with E-state index in [4.69, 9.17) is 5.73 Å². The summed E-state index contributed by atoms with van der Waals surface area (Å²) in [7, 11) is -4.28. The molecule has 9 heteroatoms. The zero-order valence-corrected chi connectivity index (χ0v) is 12.8. The standard InChI is InChI=1S/C13H17F3N2O3S/c1-8(2)6-11(12(17)19)18-22(20,21)10-5-3-4-9(7-10)13(14,15)16/h3-5,7-8,11,18H,6H2,1-2H3,(H2,17,19)/t11-/m0/s1. The molecule has 5 nitrogen and oxygen atoms in total. The summed E-state index contributed by atoms with van der Waals surface area (Å²) >= 11 is 0. The summed E-state index contributed by atoms with van der Waals surface area (Å²) in [4.78, 5) is 10.7. The molecule has 0 saturated heterocycles. The number of carbonyl (C=O) groups excluding carboxylic acids is 1. The summed E-state index contributed by atoms with van der Waals surface area (Å²) in [5, 5.41) is 0. The Morgan fingerprint density at radius 1 is 1.32 bits per heavy atom. The van der Waals surface area contributed by atoms with E-state index in [1.54, 1.807) is 13.8 Å². The topological polar surface area (TPSA) is 89.3 Å². The first-order chi connectivity index (χ1) is 9.93. The fourth-order valence-electron chi connectivity index (χ4n) is 1.79. The third-order valence-electron chi connectivity index (χ3n) is 2.82. The second-order valence-electron chi connectivity index (χ2n) is 5.23. The van der Waals surface area contributed by atoms with E-state index < -0.39 is 38.6 Å². The van der Waals surface area contributed by atoms with Gasteiger partial charge in [0.05, 0.1) is 10.5 Å². The Hall–Kier alpha value is -1.61. The smallest absolute Gasteiger partial charge is 0.368 e. The molecule has 124 valence electrons. The molecule has 0 radical (unpaired) electrons. The lowest BCUT2D eigenvalue weighted by Gasteiger charge is -2.18. The van der Waals surface area contributed by atoms with Gasteiger partial charge in [-0.2, -0.15) is 17.9 Å². The molecular weight excluding hydrogens is 321 g/mol. The molecule has 0 spiro atoms. The highest BCUT2D eigenvalue weighted by atomic mass is 32.2. The van der Waals surface area contributed by atoms with Gasteiger partial charge in [0, 0.05) is 0 Å². The molecule has 0 fully saturated rings. The SMILES string of the molecule is CC(C)C[C@H](NS(=O)(=O)c1cccc(C(F)(F)F)c1)C(N)=O. The van der Waals surface area contributed by atoms with Gasteiger partial charge in [0.25, 0.3) is 0 Å². The molecule has 22 heavy (non-hydrogen) atoms. The maximum absolute atomic E-state index is 12.6. The van der Waals surface area contributed by atoms with Crippen molar-refractivity contribution in [3.05, 3.63) is 29.8 Å². The quantitative estimate of drug-likeness (QED) is 0.830. The van der Waals surface area contributed by atoms with Crippen molar-refractivity contribution in [1.82, 2.24) is 4.72 Å². The molecule has 1 atom stereocenters. The van der Waals surface area contributed by atoms with E-state index in [0.717, 1.165) is 18.2 Å². The molecule has 3 N–H and O–H groups in total. The minimum absolute atomic E-state index is 0.0262. The molecule has 0 bridgehead atoms. The van der Waals surface area contributed by atoms with Crippen molar-refractivity contribution in [3.63, 3.8) is 0 Å². The number of hydrogen-bond donors (Lipinski definition) is 2.